The molecular formula is C13H16O3. The van der Waals surface area contributed by atoms with Crippen LogP contribution in [-0.2, 0) is 9.47 Å². The Morgan fingerprint density at radius 1 is 1.44 bits per heavy atom. The fraction of sp³-hybridized carbons (Fsp3) is 0.385. The second-order valence-corrected chi connectivity index (χ2v) is 4.05. The number of hydrogen-bond acceptors (Lipinski definition) is 3. The summed E-state index contributed by atoms with van der Waals surface area (Å²) in [6, 6.07) is 7.67. The standard InChI is InChI=1S/C13H16O3/c1-4-13(2)9-15-12(16-13)10-5-7-11(14-3)8-6-10/h4-8,12H,1,9H2,2-3H3/t12?,13-/m1/s1. The van der Waals surface area contributed by atoms with Crippen LogP contribution in [0.4, 0.5) is 0 Å². The SMILES string of the molecule is C=C[C@]1(C)COC(c2ccc(OC)cc2)O1. The van der Waals surface area contributed by atoms with Crippen LogP contribution in [0.3, 0.4) is 0 Å². The van der Waals surface area contributed by atoms with Gasteiger partial charge in [0.2, 0.25) is 0 Å². The fourth-order valence-corrected chi connectivity index (χ4v) is 1.59. The van der Waals surface area contributed by atoms with E-state index in [1.54, 1.807) is 13.2 Å². The third-order valence-corrected chi connectivity index (χ3v) is 2.72. The van der Waals surface area contributed by atoms with Crippen molar-refractivity contribution in [2.24, 2.45) is 0 Å². The normalized spacial score (nSPS) is 29.0. The molecule has 2 rings (SSSR count). The van der Waals surface area contributed by atoms with Crippen molar-refractivity contribution in [2.75, 3.05) is 13.7 Å². The average Bonchev–Trinajstić information content (AvgIpc) is 2.73. The number of ether oxygens (including phenoxy) is 3. The molecule has 3 heteroatoms. The van der Waals surface area contributed by atoms with Crippen molar-refractivity contribution >= 4 is 0 Å². The molecular weight excluding hydrogens is 204 g/mol. The summed E-state index contributed by atoms with van der Waals surface area (Å²) in [4.78, 5) is 0. The van der Waals surface area contributed by atoms with Gasteiger partial charge in [-0.3, -0.25) is 0 Å². The zero-order chi connectivity index (χ0) is 11.6. The largest absolute Gasteiger partial charge is 0.497 e. The Labute approximate surface area is 95.6 Å². The number of hydrogen-bond donors (Lipinski definition) is 0. The maximum absolute atomic E-state index is 5.78. The summed E-state index contributed by atoms with van der Waals surface area (Å²) in [6.45, 7) is 6.24. The second-order valence-electron chi connectivity index (χ2n) is 4.05. The van der Waals surface area contributed by atoms with Gasteiger partial charge in [0, 0.05) is 5.56 Å². The third-order valence-electron chi connectivity index (χ3n) is 2.72. The Balaban J connectivity index is 2.11. The lowest BCUT2D eigenvalue weighted by molar-refractivity contribution is -0.0734. The zero-order valence-electron chi connectivity index (χ0n) is 9.60. The van der Waals surface area contributed by atoms with E-state index in [0.29, 0.717) is 6.61 Å². The minimum absolute atomic E-state index is 0.311. The van der Waals surface area contributed by atoms with Crippen molar-refractivity contribution in [3.8, 4) is 5.75 Å². The maximum atomic E-state index is 5.78. The van der Waals surface area contributed by atoms with E-state index >= 15 is 0 Å². The smallest absolute Gasteiger partial charge is 0.185 e. The molecule has 16 heavy (non-hydrogen) atoms. The Kier molecular flexibility index (Phi) is 2.99. The van der Waals surface area contributed by atoms with Gasteiger partial charge in [0.15, 0.2) is 6.29 Å². The summed E-state index contributed by atoms with van der Waals surface area (Å²) in [5.74, 6) is 0.827. The van der Waals surface area contributed by atoms with Crippen molar-refractivity contribution in [2.45, 2.75) is 18.8 Å². The van der Waals surface area contributed by atoms with Crippen LogP contribution in [0, 0.1) is 0 Å². The topological polar surface area (TPSA) is 27.7 Å². The summed E-state index contributed by atoms with van der Waals surface area (Å²) >= 11 is 0. The van der Waals surface area contributed by atoms with Crippen LogP contribution in [-0.4, -0.2) is 19.3 Å². The van der Waals surface area contributed by atoms with Gasteiger partial charge in [-0.25, -0.2) is 0 Å². The fourth-order valence-electron chi connectivity index (χ4n) is 1.59. The highest BCUT2D eigenvalue weighted by atomic mass is 16.7. The molecule has 86 valence electrons. The minimum atomic E-state index is -0.384. The first-order valence-corrected chi connectivity index (χ1v) is 5.24. The van der Waals surface area contributed by atoms with E-state index in [2.05, 4.69) is 6.58 Å². The molecule has 1 aromatic carbocycles. The van der Waals surface area contributed by atoms with Gasteiger partial charge in [-0.2, -0.15) is 0 Å². The van der Waals surface area contributed by atoms with Gasteiger partial charge in [-0.1, -0.05) is 18.2 Å². The van der Waals surface area contributed by atoms with Crippen molar-refractivity contribution in [3.05, 3.63) is 42.5 Å². The molecule has 0 aliphatic carbocycles. The van der Waals surface area contributed by atoms with Crippen molar-refractivity contribution in [3.63, 3.8) is 0 Å². The Morgan fingerprint density at radius 2 is 2.12 bits per heavy atom. The lowest BCUT2D eigenvalue weighted by atomic mass is 10.1. The van der Waals surface area contributed by atoms with E-state index < -0.39 is 0 Å². The van der Waals surface area contributed by atoms with E-state index in [1.165, 1.54) is 0 Å². The van der Waals surface area contributed by atoms with E-state index in [0.717, 1.165) is 11.3 Å². The second kappa shape index (κ2) is 4.28. The first kappa shape index (κ1) is 11.2. The molecule has 1 heterocycles. The van der Waals surface area contributed by atoms with Crippen LogP contribution < -0.4 is 4.74 Å². The monoisotopic (exact) mass is 220 g/mol. The Hall–Kier alpha value is -1.32. The summed E-state index contributed by atoms with van der Waals surface area (Å²) < 4.78 is 16.5. The van der Waals surface area contributed by atoms with Gasteiger partial charge in [-0.15, -0.1) is 6.58 Å². The van der Waals surface area contributed by atoms with Gasteiger partial charge in [0.05, 0.1) is 13.7 Å². The number of methoxy groups -OCH3 is 1. The van der Waals surface area contributed by atoms with Crippen LogP contribution in [0.1, 0.15) is 18.8 Å². The third kappa shape index (κ3) is 2.10. The first-order chi connectivity index (χ1) is 7.67. The van der Waals surface area contributed by atoms with Gasteiger partial charge in [0.1, 0.15) is 11.4 Å². The van der Waals surface area contributed by atoms with E-state index in [1.807, 2.05) is 31.2 Å². The van der Waals surface area contributed by atoms with E-state index in [4.69, 9.17) is 14.2 Å². The Bertz CT molecular complexity index is 371. The van der Waals surface area contributed by atoms with Gasteiger partial charge in [0.25, 0.3) is 0 Å². The van der Waals surface area contributed by atoms with Crippen molar-refractivity contribution in [1.82, 2.24) is 0 Å². The van der Waals surface area contributed by atoms with Crippen LogP contribution in [0.5, 0.6) is 5.75 Å². The summed E-state index contributed by atoms with van der Waals surface area (Å²) in [6.07, 6.45) is 1.46. The quantitative estimate of drug-likeness (QED) is 0.733. The van der Waals surface area contributed by atoms with E-state index in [9.17, 15) is 0 Å². The Morgan fingerprint density at radius 3 is 2.62 bits per heavy atom. The average molecular weight is 220 g/mol. The highest BCUT2D eigenvalue weighted by molar-refractivity contribution is 5.28. The summed E-state index contributed by atoms with van der Waals surface area (Å²) in [5, 5.41) is 0. The first-order valence-electron chi connectivity index (χ1n) is 5.24. The van der Waals surface area contributed by atoms with Crippen LogP contribution in [0.15, 0.2) is 36.9 Å². The molecule has 0 saturated carbocycles. The molecule has 0 aromatic heterocycles. The lowest BCUT2D eigenvalue weighted by Gasteiger charge is -2.17. The van der Waals surface area contributed by atoms with Crippen LogP contribution in [0.25, 0.3) is 0 Å². The predicted molar refractivity (Wildman–Crippen MR) is 61.4 cm³/mol. The summed E-state index contributed by atoms with van der Waals surface area (Å²) in [5.41, 5.74) is 0.608. The van der Waals surface area contributed by atoms with Crippen LogP contribution in [0.2, 0.25) is 0 Å². The number of benzene rings is 1. The van der Waals surface area contributed by atoms with Crippen molar-refractivity contribution in [1.29, 1.82) is 0 Å². The number of rotatable bonds is 3. The predicted octanol–water partition coefficient (Wildman–Crippen LogP) is 2.69. The molecule has 1 fully saturated rings. The molecule has 0 bridgehead atoms. The molecule has 1 unspecified atom stereocenters. The molecule has 1 aliphatic heterocycles. The molecule has 0 spiro atoms. The van der Waals surface area contributed by atoms with Gasteiger partial charge >= 0.3 is 0 Å². The molecule has 0 radical (unpaired) electrons. The minimum Gasteiger partial charge on any atom is -0.497 e. The molecule has 1 aliphatic rings. The molecule has 0 N–H and O–H groups in total. The molecule has 2 atom stereocenters. The van der Waals surface area contributed by atoms with E-state index in [-0.39, 0.29) is 11.9 Å². The molecule has 1 saturated heterocycles. The highest BCUT2D eigenvalue weighted by Crippen LogP contribution is 2.34. The van der Waals surface area contributed by atoms with Crippen LogP contribution >= 0.6 is 0 Å². The van der Waals surface area contributed by atoms with Gasteiger partial charge < -0.3 is 14.2 Å². The summed E-state index contributed by atoms with van der Waals surface area (Å²) in [7, 11) is 1.65. The molecule has 0 amide bonds. The lowest BCUT2D eigenvalue weighted by Crippen LogP contribution is -2.23. The van der Waals surface area contributed by atoms with Gasteiger partial charge in [-0.05, 0) is 19.1 Å². The zero-order valence-corrected chi connectivity index (χ0v) is 9.60. The highest BCUT2D eigenvalue weighted by Gasteiger charge is 2.35. The molecule has 3 nitrogen and oxygen atoms in total. The maximum Gasteiger partial charge on any atom is 0.185 e. The van der Waals surface area contributed by atoms with Crippen molar-refractivity contribution < 1.29 is 14.2 Å². The molecule has 1 aromatic rings.